The minimum Gasteiger partial charge on any atom is -0.352 e. The predicted octanol–water partition coefficient (Wildman–Crippen LogP) is 2.99. The lowest BCUT2D eigenvalue weighted by Crippen LogP contribution is -2.25. The van der Waals surface area contributed by atoms with Gasteiger partial charge in [-0.2, -0.15) is 0 Å². The Balaban J connectivity index is 1.67. The van der Waals surface area contributed by atoms with E-state index < -0.39 is 0 Å². The van der Waals surface area contributed by atoms with Crippen LogP contribution in [-0.4, -0.2) is 32.7 Å². The highest BCUT2D eigenvalue weighted by atomic mass is 35.5. The molecular weight excluding hydrogens is 338 g/mol. The van der Waals surface area contributed by atoms with Crippen molar-refractivity contribution >= 4 is 17.5 Å². The molecule has 6 nitrogen and oxygen atoms in total. The molecule has 0 aliphatic heterocycles. The molecule has 3 aromatic rings. The topological polar surface area (TPSA) is 72.7 Å². The van der Waals surface area contributed by atoms with Gasteiger partial charge < -0.3 is 5.32 Å². The van der Waals surface area contributed by atoms with Crippen LogP contribution >= 0.6 is 11.6 Å². The molecule has 0 fully saturated rings. The summed E-state index contributed by atoms with van der Waals surface area (Å²) in [5, 5.41) is 15.3. The maximum atomic E-state index is 12.4. The SMILES string of the molecule is CCn1nnnc1-c1cccc(C(=O)NCCc2ccccc2Cl)c1. The molecule has 3 rings (SSSR count). The van der Waals surface area contributed by atoms with E-state index in [1.165, 1.54) is 0 Å². The molecule has 0 saturated carbocycles. The highest BCUT2D eigenvalue weighted by Crippen LogP contribution is 2.18. The molecule has 1 N–H and O–H groups in total. The highest BCUT2D eigenvalue weighted by molar-refractivity contribution is 6.31. The second-order valence-corrected chi connectivity index (χ2v) is 5.90. The van der Waals surface area contributed by atoms with E-state index in [1.54, 1.807) is 16.8 Å². The van der Waals surface area contributed by atoms with Crippen LogP contribution in [0.1, 0.15) is 22.8 Å². The molecular formula is C18H18ClN5O. The molecule has 2 aromatic carbocycles. The summed E-state index contributed by atoms with van der Waals surface area (Å²) in [6, 6.07) is 14.9. The maximum absolute atomic E-state index is 12.4. The van der Waals surface area contributed by atoms with E-state index in [-0.39, 0.29) is 5.91 Å². The van der Waals surface area contributed by atoms with Gasteiger partial charge in [-0.3, -0.25) is 4.79 Å². The minimum absolute atomic E-state index is 0.135. The molecule has 0 unspecified atom stereocenters. The summed E-state index contributed by atoms with van der Waals surface area (Å²) in [7, 11) is 0. The van der Waals surface area contributed by atoms with Crippen molar-refractivity contribution in [2.75, 3.05) is 6.54 Å². The number of benzene rings is 2. The van der Waals surface area contributed by atoms with Crippen LogP contribution in [0.25, 0.3) is 11.4 Å². The van der Waals surface area contributed by atoms with E-state index in [1.807, 2.05) is 43.3 Å². The molecule has 0 atom stereocenters. The number of aryl methyl sites for hydroxylation is 1. The minimum atomic E-state index is -0.135. The lowest BCUT2D eigenvalue weighted by molar-refractivity contribution is 0.0954. The molecule has 0 spiro atoms. The van der Waals surface area contributed by atoms with Crippen LogP contribution in [0.5, 0.6) is 0 Å². The fourth-order valence-electron chi connectivity index (χ4n) is 2.54. The van der Waals surface area contributed by atoms with Crippen molar-refractivity contribution in [3.63, 3.8) is 0 Å². The number of carbonyl (C=O) groups is 1. The zero-order valence-electron chi connectivity index (χ0n) is 13.8. The zero-order valence-corrected chi connectivity index (χ0v) is 14.6. The molecule has 25 heavy (non-hydrogen) atoms. The monoisotopic (exact) mass is 355 g/mol. The first-order valence-electron chi connectivity index (χ1n) is 8.07. The number of nitrogens with zero attached hydrogens (tertiary/aromatic N) is 4. The number of amides is 1. The Morgan fingerprint density at radius 1 is 1.20 bits per heavy atom. The van der Waals surface area contributed by atoms with E-state index >= 15 is 0 Å². The van der Waals surface area contributed by atoms with Crippen molar-refractivity contribution in [2.24, 2.45) is 0 Å². The third kappa shape index (κ3) is 4.03. The molecule has 1 heterocycles. The fourth-order valence-corrected chi connectivity index (χ4v) is 2.77. The molecule has 0 bridgehead atoms. The Labute approximate surface area is 150 Å². The number of hydrogen-bond donors (Lipinski definition) is 1. The summed E-state index contributed by atoms with van der Waals surface area (Å²) in [4.78, 5) is 12.4. The van der Waals surface area contributed by atoms with E-state index in [2.05, 4.69) is 20.8 Å². The lowest BCUT2D eigenvalue weighted by Gasteiger charge is -2.08. The third-order valence-corrected chi connectivity index (χ3v) is 4.22. The second-order valence-electron chi connectivity index (χ2n) is 5.50. The molecule has 0 aliphatic rings. The molecule has 7 heteroatoms. The van der Waals surface area contributed by atoms with Gasteiger partial charge in [0.05, 0.1) is 0 Å². The normalized spacial score (nSPS) is 10.6. The van der Waals surface area contributed by atoms with Gasteiger partial charge >= 0.3 is 0 Å². The van der Waals surface area contributed by atoms with Crippen molar-refractivity contribution in [1.82, 2.24) is 25.5 Å². The van der Waals surface area contributed by atoms with Crippen LogP contribution in [0.3, 0.4) is 0 Å². The molecule has 1 amide bonds. The van der Waals surface area contributed by atoms with Gasteiger partial charge in [0.1, 0.15) is 0 Å². The number of tetrazole rings is 1. The van der Waals surface area contributed by atoms with Gasteiger partial charge in [0.25, 0.3) is 5.91 Å². The number of hydrogen-bond acceptors (Lipinski definition) is 4. The molecule has 1 aromatic heterocycles. The highest BCUT2D eigenvalue weighted by Gasteiger charge is 2.11. The van der Waals surface area contributed by atoms with Crippen molar-refractivity contribution in [2.45, 2.75) is 19.9 Å². The Bertz CT molecular complexity index is 877. The van der Waals surface area contributed by atoms with Gasteiger partial charge in [0, 0.05) is 29.2 Å². The lowest BCUT2D eigenvalue weighted by atomic mass is 10.1. The first-order chi connectivity index (χ1) is 12.2. The van der Waals surface area contributed by atoms with Crippen LogP contribution in [-0.2, 0) is 13.0 Å². The number of nitrogens with one attached hydrogen (secondary N) is 1. The van der Waals surface area contributed by atoms with Gasteiger partial charge in [-0.25, -0.2) is 4.68 Å². The summed E-state index contributed by atoms with van der Waals surface area (Å²) in [5.41, 5.74) is 2.40. The number of rotatable bonds is 6. The standard InChI is InChI=1S/C18H18ClN5O/c1-2-24-17(21-22-23-24)14-7-5-8-15(12-14)18(25)20-11-10-13-6-3-4-9-16(13)19/h3-9,12H,2,10-11H2,1H3,(H,20,25). The van der Waals surface area contributed by atoms with Gasteiger partial charge in [-0.15, -0.1) is 5.10 Å². The number of halogens is 1. The summed E-state index contributed by atoms with van der Waals surface area (Å²) in [5.74, 6) is 0.512. The van der Waals surface area contributed by atoms with Crippen LogP contribution in [0.4, 0.5) is 0 Å². The van der Waals surface area contributed by atoms with Crippen molar-refractivity contribution < 1.29 is 4.79 Å². The quantitative estimate of drug-likeness (QED) is 0.737. The number of carbonyl (C=O) groups excluding carboxylic acids is 1. The van der Waals surface area contributed by atoms with Crippen molar-refractivity contribution in [3.05, 3.63) is 64.7 Å². The molecule has 0 aliphatic carbocycles. The second kappa shape index (κ2) is 7.90. The van der Waals surface area contributed by atoms with E-state index in [0.717, 1.165) is 11.1 Å². The fraction of sp³-hybridized carbons (Fsp3) is 0.222. The van der Waals surface area contributed by atoms with Crippen LogP contribution in [0.2, 0.25) is 5.02 Å². The first-order valence-corrected chi connectivity index (χ1v) is 8.45. The average Bonchev–Trinajstić information content (AvgIpc) is 3.12. The molecule has 0 radical (unpaired) electrons. The Kier molecular flexibility index (Phi) is 5.40. The predicted molar refractivity (Wildman–Crippen MR) is 96.4 cm³/mol. The molecule has 128 valence electrons. The number of aromatic nitrogens is 4. The third-order valence-electron chi connectivity index (χ3n) is 3.85. The van der Waals surface area contributed by atoms with Gasteiger partial charge in [-0.05, 0) is 47.5 Å². The van der Waals surface area contributed by atoms with E-state index in [9.17, 15) is 4.79 Å². The Morgan fingerprint density at radius 3 is 2.84 bits per heavy atom. The van der Waals surface area contributed by atoms with E-state index in [0.29, 0.717) is 35.9 Å². The van der Waals surface area contributed by atoms with Crippen LogP contribution < -0.4 is 5.32 Å². The molecule has 0 saturated heterocycles. The van der Waals surface area contributed by atoms with Crippen molar-refractivity contribution in [1.29, 1.82) is 0 Å². The summed E-state index contributed by atoms with van der Waals surface area (Å²) in [6.45, 7) is 3.14. The van der Waals surface area contributed by atoms with Gasteiger partial charge in [0.15, 0.2) is 5.82 Å². The smallest absolute Gasteiger partial charge is 0.251 e. The summed E-state index contributed by atoms with van der Waals surface area (Å²) < 4.78 is 1.69. The van der Waals surface area contributed by atoms with Gasteiger partial charge in [-0.1, -0.05) is 41.9 Å². The zero-order chi connectivity index (χ0) is 17.6. The average molecular weight is 356 g/mol. The Morgan fingerprint density at radius 2 is 2.04 bits per heavy atom. The van der Waals surface area contributed by atoms with Crippen molar-refractivity contribution in [3.8, 4) is 11.4 Å². The summed E-state index contributed by atoms with van der Waals surface area (Å²) >= 11 is 6.13. The van der Waals surface area contributed by atoms with Gasteiger partial charge in [0.2, 0.25) is 0 Å². The van der Waals surface area contributed by atoms with E-state index in [4.69, 9.17) is 11.6 Å². The van der Waals surface area contributed by atoms with Crippen LogP contribution in [0, 0.1) is 0 Å². The Hall–Kier alpha value is -2.73. The first kappa shape index (κ1) is 17.1. The van der Waals surface area contributed by atoms with Crippen LogP contribution in [0.15, 0.2) is 48.5 Å². The maximum Gasteiger partial charge on any atom is 0.251 e. The summed E-state index contributed by atoms with van der Waals surface area (Å²) in [6.07, 6.45) is 0.680. The largest absolute Gasteiger partial charge is 0.352 e.